The van der Waals surface area contributed by atoms with Crippen LogP contribution >= 0.6 is 0 Å². The van der Waals surface area contributed by atoms with E-state index in [1.165, 1.54) is 6.08 Å². The summed E-state index contributed by atoms with van der Waals surface area (Å²) < 4.78 is 15.3. The maximum absolute atomic E-state index is 15.3. The summed E-state index contributed by atoms with van der Waals surface area (Å²) >= 11 is 0. The van der Waals surface area contributed by atoms with Crippen molar-refractivity contribution in [2.24, 2.45) is 28.6 Å². The van der Waals surface area contributed by atoms with E-state index in [0.29, 0.717) is 31.3 Å². The van der Waals surface area contributed by atoms with E-state index < -0.39 is 53.0 Å². The highest BCUT2D eigenvalue weighted by atomic mass is 19.1. The van der Waals surface area contributed by atoms with Gasteiger partial charge in [0.25, 0.3) is 0 Å². The quantitative estimate of drug-likeness (QED) is 0.524. The molecule has 0 amide bonds. The molecule has 8 heteroatoms. The van der Waals surface area contributed by atoms with Crippen molar-refractivity contribution in [2.45, 2.75) is 82.8 Å². The first kappa shape index (κ1) is 22.6. The summed E-state index contributed by atoms with van der Waals surface area (Å²) in [6, 6.07) is 0. The molecule has 0 aromatic heterocycles. The van der Waals surface area contributed by atoms with Crippen molar-refractivity contribution in [3.63, 3.8) is 0 Å². The summed E-state index contributed by atoms with van der Waals surface area (Å²) in [7, 11) is 0. The largest absolute Gasteiger partial charge is 0.481 e. The average Bonchev–Trinajstić information content (AvgIpc) is 2.90. The molecule has 0 saturated heterocycles. The lowest BCUT2D eigenvalue weighted by atomic mass is 9.46. The lowest BCUT2D eigenvalue weighted by molar-refractivity contribution is -0.185. The zero-order chi connectivity index (χ0) is 22.9. The Kier molecular flexibility index (Phi) is 5.23. The predicted octanol–water partition coefficient (Wildman–Crippen LogP) is 1.57. The van der Waals surface area contributed by atoms with Crippen molar-refractivity contribution in [1.29, 1.82) is 0 Å². The maximum Gasteiger partial charge on any atom is 0.306 e. The van der Waals surface area contributed by atoms with Gasteiger partial charge in [0.1, 0.15) is 12.3 Å². The molecule has 0 bridgehead atoms. The fourth-order valence-corrected chi connectivity index (χ4v) is 7.54. The third kappa shape index (κ3) is 2.98. The van der Waals surface area contributed by atoms with Gasteiger partial charge in [-0.15, -0.1) is 0 Å². The summed E-state index contributed by atoms with van der Waals surface area (Å²) in [5.74, 6) is -3.01. The van der Waals surface area contributed by atoms with Crippen LogP contribution in [-0.4, -0.2) is 61.9 Å². The number of carboxylic acids is 1. The van der Waals surface area contributed by atoms with Crippen LogP contribution in [0.2, 0.25) is 0 Å². The summed E-state index contributed by atoms with van der Waals surface area (Å²) in [6.45, 7) is 3.69. The zero-order valence-corrected chi connectivity index (χ0v) is 17.9. The van der Waals surface area contributed by atoms with Crippen LogP contribution in [0.5, 0.6) is 0 Å². The van der Waals surface area contributed by atoms with Crippen LogP contribution in [0, 0.1) is 28.6 Å². The van der Waals surface area contributed by atoms with E-state index in [0.717, 1.165) is 0 Å². The number of ketones is 2. The van der Waals surface area contributed by atoms with Crippen LogP contribution in [0.4, 0.5) is 4.39 Å². The lowest BCUT2D eigenvalue weighted by Crippen LogP contribution is -2.63. The molecule has 0 aliphatic heterocycles. The van der Waals surface area contributed by atoms with Gasteiger partial charge >= 0.3 is 5.97 Å². The molecular formula is C23H31FO7. The van der Waals surface area contributed by atoms with Gasteiger partial charge in [0.2, 0.25) is 0 Å². The molecule has 31 heavy (non-hydrogen) atoms. The van der Waals surface area contributed by atoms with E-state index in [4.69, 9.17) is 5.11 Å². The second-order valence-electron chi connectivity index (χ2n) is 10.5. The molecular weight excluding hydrogens is 407 g/mol. The topological polar surface area (TPSA) is 132 Å². The normalized spacial score (nSPS) is 47.6. The fraction of sp³-hybridized carbons (Fsp3) is 0.783. The lowest BCUT2D eigenvalue weighted by Gasteiger charge is -2.59. The monoisotopic (exact) mass is 438 g/mol. The van der Waals surface area contributed by atoms with Crippen molar-refractivity contribution in [2.75, 3.05) is 0 Å². The van der Waals surface area contributed by atoms with Crippen molar-refractivity contribution >= 4 is 17.5 Å². The number of hydrogen-bond donors (Lipinski definition) is 4. The number of Topliss-reactive ketones (excluding diaryl/α,β-unsaturated/α-hetero) is 1. The van der Waals surface area contributed by atoms with Gasteiger partial charge in [-0.3, -0.25) is 14.4 Å². The van der Waals surface area contributed by atoms with Crippen molar-refractivity contribution in [3.8, 4) is 0 Å². The second kappa shape index (κ2) is 7.18. The van der Waals surface area contributed by atoms with Gasteiger partial charge in [0, 0.05) is 11.8 Å². The number of allylic oxidation sites excluding steroid dienone is 1. The molecule has 0 heterocycles. The number of alkyl halides is 1. The van der Waals surface area contributed by atoms with Gasteiger partial charge in [-0.2, -0.15) is 0 Å². The van der Waals surface area contributed by atoms with Crippen LogP contribution < -0.4 is 0 Å². The number of aliphatic hydroxyl groups is 3. The highest BCUT2D eigenvalue weighted by Crippen LogP contribution is 2.68. The Balaban J connectivity index is 1.70. The molecule has 4 aliphatic rings. The minimum Gasteiger partial charge on any atom is -0.481 e. The van der Waals surface area contributed by atoms with Gasteiger partial charge in [-0.1, -0.05) is 13.8 Å². The molecule has 1 unspecified atom stereocenters. The minimum absolute atomic E-state index is 0.0575. The van der Waals surface area contributed by atoms with E-state index in [1.807, 2.05) is 6.92 Å². The van der Waals surface area contributed by atoms with Crippen molar-refractivity contribution < 1.29 is 39.2 Å². The number of aliphatic carboxylic acids is 1. The van der Waals surface area contributed by atoms with Crippen LogP contribution in [-0.2, 0) is 14.4 Å². The third-order valence-electron chi connectivity index (χ3n) is 9.20. The van der Waals surface area contributed by atoms with Gasteiger partial charge < -0.3 is 20.4 Å². The number of hydrogen-bond acceptors (Lipinski definition) is 6. The standard InChI is InChI=1S/C23H31FO7/c1-21-5-3-11(25)7-15(21)16(24)8-12-13(21)4-6-22(2)14(12)9-18(27)23(22,31)20(30)17(26)10-19(28)29/h7,12-14,16-18,26-27,31H,3-6,8-10H2,1-2H3,(H,28,29)/t12-,13+,14+,16+,17?,18-,21-,22+,23+/m1/s1. The predicted molar refractivity (Wildman–Crippen MR) is 107 cm³/mol. The number of carboxylic acid groups (broad SMARTS) is 1. The highest BCUT2D eigenvalue weighted by Gasteiger charge is 2.71. The van der Waals surface area contributed by atoms with E-state index in [1.54, 1.807) is 6.92 Å². The smallest absolute Gasteiger partial charge is 0.306 e. The minimum atomic E-state index is -2.29. The van der Waals surface area contributed by atoms with Gasteiger partial charge in [0.05, 0.1) is 12.5 Å². The molecule has 0 aromatic carbocycles. The molecule has 172 valence electrons. The van der Waals surface area contributed by atoms with E-state index in [9.17, 15) is 29.7 Å². The molecule has 4 rings (SSSR count). The van der Waals surface area contributed by atoms with E-state index in [-0.39, 0.29) is 36.4 Å². The Labute approximate surface area is 180 Å². The molecule has 3 fully saturated rings. The van der Waals surface area contributed by atoms with E-state index in [2.05, 4.69) is 0 Å². The molecule has 4 aliphatic carbocycles. The number of rotatable bonds is 4. The summed E-state index contributed by atoms with van der Waals surface area (Å²) in [5, 5.41) is 41.3. The molecule has 7 nitrogen and oxygen atoms in total. The Morgan fingerprint density at radius 3 is 2.55 bits per heavy atom. The fourth-order valence-electron chi connectivity index (χ4n) is 7.54. The molecule has 0 radical (unpaired) electrons. The molecule has 4 N–H and O–H groups in total. The van der Waals surface area contributed by atoms with Gasteiger partial charge in [-0.25, -0.2) is 4.39 Å². The number of fused-ring (bicyclic) bond motifs is 5. The molecule has 0 spiro atoms. The number of carbonyl (C=O) groups excluding carboxylic acids is 2. The zero-order valence-electron chi connectivity index (χ0n) is 17.9. The van der Waals surface area contributed by atoms with Crippen LogP contribution in [0.25, 0.3) is 0 Å². The first-order valence-corrected chi connectivity index (χ1v) is 11.1. The Hall–Kier alpha value is -1.64. The second-order valence-corrected chi connectivity index (χ2v) is 10.5. The summed E-state index contributed by atoms with van der Waals surface area (Å²) in [5.41, 5.74) is -3.32. The maximum atomic E-state index is 15.3. The molecule has 0 aromatic rings. The SMILES string of the molecule is C[C@]12CCC(=O)C=C1[C@@H](F)C[C@@H]1[C@@H]2CC[C@@]2(C)[C@H]1C[C@@H](O)[C@]2(O)C(=O)C(O)CC(=O)O. The van der Waals surface area contributed by atoms with Crippen molar-refractivity contribution in [3.05, 3.63) is 11.6 Å². The number of halogens is 1. The van der Waals surface area contributed by atoms with Crippen LogP contribution in [0.1, 0.15) is 58.8 Å². The summed E-state index contributed by atoms with van der Waals surface area (Å²) in [4.78, 5) is 35.9. The van der Waals surface area contributed by atoms with Crippen molar-refractivity contribution in [1.82, 2.24) is 0 Å². The summed E-state index contributed by atoms with van der Waals surface area (Å²) in [6.07, 6.45) is -1.94. The average molecular weight is 438 g/mol. The van der Waals surface area contributed by atoms with Gasteiger partial charge in [0.15, 0.2) is 17.2 Å². The van der Waals surface area contributed by atoms with Crippen LogP contribution in [0.15, 0.2) is 11.6 Å². The number of aliphatic hydroxyl groups excluding tert-OH is 2. The van der Waals surface area contributed by atoms with Crippen LogP contribution in [0.3, 0.4) is 0 Å². The Bertz CT molecular complexity index is 855. The highest BCUT2D eigenvalue weighted by molar-refractivity contribution is 5.95. The number of carbonyl (C=O) groups is 3. The molecule has 3 saturated carbocycles. The Morgan fingerprint density at radius 1 is 1.23 bits per heavy atom. The first-order valence-electron chi connectivity index (χ1n) is 11.1. The first-order chi connectivity index (χ1) is 14.4. The van der Waals surface area contributed by atoms with E-state index >= 15 is 4.39 Å². The van der Waals surface area contributed by atoms with Gasteiger partial charge in [-0.05, 0) is 66.9 Å². The molecule has 9 atom stereocenters. The third-order valence-corrected chi connectivity index (χ3v) is 9.20. The Morgan fingerprint density at radius 2 is 1.90 bits per heavy atom.